The molecule has 1 aromatic heterocycles. The van der Waals surface area contributed by atoms with Crippen LogP contribution in [0.15, 0.2) is 72.5 Å². The summed E-state index contributed by atoms with van der Waals surface area (Å²) < 4.78 is 10.9. The zero-order valence-electron chi connectivity index (χ0n) is 16.9. The summed E-state index contributed by atoms with van der Waals surface area (Å²) in [7, 11) is 1.61. The van der Waals surface area contributed by atoms with Gasteiger partial charge in [-0.3, -0.25) is 4.79 Å². The molecule has 1 amide bonds. The number of benzene rings is 2. The van der Waals surface area contributed by atoms with Crippen LogP contribution in [0.5, 0.6) is 17.4 Å². The Balaban J connectivity index is 1.73. The van der Waals surface area contributed by atoms with Gasteiger partial charge in [0.05, 0.1) is 19.0 Å². The van der Waals surface area contributed by atoms with Crippen LogP contribution in [0.1, 0.15) is 12.5 Å². The number of amides is 1. The van der Waals surface area contributed by atoms with Crippen molar-refractivity contribution in [3.05, 3.63) is 78.0 Å². The third-order valence-corrected chi connectivity index (χ3v) is 4.30. The Kier molecular flexibility index (Phi) is 7.18. The quantitative estimate of drug-likeness (QED) is 0.296. The zero-order chi connectivity index (χ0) is 22.2. The predicted molar refractivity (Wildman–Crippen MR) is 121 cm³/mol. The summed E-state index contributed by atoms with van der Waals surface area (Å²) in [6.07, 6.45) is 2.59. The smallest absolute Gasteiger partial charge is 0.247 e. The number of rotatable bonds is 8. The van der Waals surface area contributed by atoms with Gasteiger partial charge in [-0.1, -0.05) is 24.2 Å². The lowest BCUT2D eigenvalue weighted by molar-refractivity contribution is -0.111. The summed E-state index contributed by atoms with van der Waals surface area (Å²) in [6.45, 7) is 5.28. The van der Waals surface area contributed by atoms with E-state index in [1.54, 1.807) is 31.4 Å². The molecule has 0 aliphatic carbocycles. The fraction of sp³-hybridized carbons (Fsp3) is 0.0909. The lowest BCUT2D eigenvalue weighted by Crippen LogP contribution is -2.07. The van der Waals surface area contributed by atoms with Gasteiger partial charge in [0.25, 0.3) is 0 Å². The van der Waals surface area contributed by atoms with E-state index in [9.17, 15) is 4.79 Å². The standard InChI is InChI=1S/C22H20ClN5O3/c1-4-20(29)25-16-6-5-7-18(12-16)31-21-19(23)13-24-22(26-21)28-27-14(2)15-8-10-17(30-3)11-9-15/h4-13H,1H2,2-3H3,(H,25,29)(H,24,26,28)/b27-14+. The van der Waals surface area contributed by atoms with Crippen LogP contribution in [0, 0.1) is 0 Å². The molecule has 8 nitrogen and oxygen atoms in total. The van der Waals surface area contributed by atoms with E-state index >= 15 is 0 Å². The highest BCUT2D eigenvalue weighted by molar-refractivity contribution is 6.31. The van der Waals surface area contributed by atoms with Crippen molar-refractivity contribution in [2.75, 3.05) is 17.9 Å². The highest BCUT2D eigenvalue weighted by atomic mass is 35.5. The normalized spacial score (nSPS) is 10.9. The molecular formula is C22H20ClN5O3. The molecule has 0 aliphatic rings. The van der Waals surface area contributed by atoms with Crippen molar-refractivity contribution < 1.29 is 14.3 Å². The average molecular weight is 438 g/mol. The molecule has 3 rings (SSSR count). The first-order chi connectivity index (χ1) is 15.0. The molecule has 31 heavy (non-hydrogen) atoms. The second kappa shape index (κ2) is 10.2. The first kappa shape index (κ1) is 21.8. The fourth-order valence-electron chi connectivity index (χ4n) is 2.45. The van der Waals surface area contributed by atoms with Gasteiger partial charge in [-0.15, -0.1) is 0 Å². The highest BCUT2D eigenvalue weighted by Gasteiger charge is 2.09. The number of hydrogen-bond donors (Lipinski definition) is 2. The van der Waals surface area contributed by atoms with Crippen LogP contribution >= 0.6 is 11.6 Å². The molecule has 2 aromatic carbocycles. The number of hydrogen-bond acceptors (Lipinski definition) is 7. The zero-order valence-corrected chi connectivity index (χ0v) is 17.7. The number of aromatic nitrogens is 2. The maximum absolute atomic E-state index is 11.5. The summed E-state index contributed by atoms with van der Waals surface area (Å²) in [5.74, 6) is 1.23. The van der Waals surface area contributed by atoms with Gasteiger partial charge >= 0.3 is 0 Å². The van der Waals surface area contributed by atoms with Gasteiger partial charge in [0.1, 0.15) is 16.5 Å². The third kappa shape index (κ3) is 6.03. The number of halogens is 1. The number of nitrogens with one attached hydrogen (secondary N) is 2. The minimum atomic E-state index is -0.325. The Morgan fingerprint density at radius 1 is 1.19 bits per heavy atom. The number of methoxy groups -OCH3 is 1. The molecule has 0 unspecified atom stereocenters. The van der Waals surface area contributed by atoms with E-state index in [-0.39, 0.29) is 22.8 Å². The van der Waals surface area contributed by atoms with Crippen molar-refractivity contribution in [2.24, 2.45) is 5.10 Å². The molecule has 1 heterocycles. The summed E-state index contributed by atoms with van der Waals surface area (Å²) in [4.78, 5) is 19.8. The van der Waals surface area contributed by atoms with Crippen LogP contribution in [-0.2, 0) is 4.79 Å². The number of anilines is 2. The second-order valence-corrected chi connectivity index (χ2v) is 6.61. The molecule has 9 heteroatoms. The largest absolute Gasteiger partial charge is 0.497 e. The van der Waals surface area contributed by atoms with Crippen LogP contribution < -0.4 is 20.2 Å². The van der Waals surface area contributed by atoms with E-state index in [4.69, 9.17) is 21.1 Å². The summed E-state index contributed by atoms with van der Waals surface area (Å²) in [5.41, 5.74) is 4.99. The van der Waals surface area contributed by atoms with Gasteiger partial charge in [-0.25, -0.2) is 10.4 Å². The molecule has 0 fully saturated rings. The molecule has 158 valence electrons. The van der Waals surface area contributed by atoms with Gasteiger partial charge in [0.2, 0.25) is 17.7 Å². The number of carbonyl (C=O) groups is 1. The third-order valence-electron chi connectivity index (χ3n) is 4.04. The van der Waals surface area contributed by atoms with Crippen LogP contribution in [0.4, 0.5) is 11.6 Å². The number of hydrazone groups is 1. The van der Waals surface area contributed by atoms with Crippen molar-refractivity contribution in [2.45, 2.75) is 6.92 Å². The topological polar surface area (TPSA) is 97.7 Å². The van der Waals surface area contributed by atoms with Crippen LogP contribution in [0.25, 0.3) is 0 Å². The monoisotopic (exact) mass is 437 g/mol. The van der Waals surface area contributed by atoms with Crippen molar-refractivity contribution >= 4 is 34.9 Å². The van der Waals surface area contributed by atoms with E-state index in [2.05, 4.69) is 32.4 Å². The van der Waals surface area contributed by atoms with Crippen LogP contribution in [0.3, 0.4) is 0 Å². The highest BCUT2D eigenvalue weighted by Crippen LogP contribution is 2.29. The summed E-state index contributed by atoms with van der Waals surface area (Å²) >= 11 is 6.17. The Morgan fingerprint density at radius 2 is 1.97 bits per heavy atom. The SMILES string of the molecule is C=CC(=O)Nc1cccc(Oc2nc(N/N=C(\C)c3ccc(OC)cc3)ncc2Cl)c1. The fourth-order valence-corrected chi connectivity index (χ4v) is 2.58. The average Bonchev–Trinajstić information content (AvgIpc) is 2.79. The first-order valence-corrected chi connectivity index (χ1v) is 9.55. The number of carbonyl (C=O) groups excluding carboxylic acids is 1. The van der Waals surface area contributed by atoms with Gasteiger partial charge in [-0.2, -0.15) is 10.1 Å². The maximum Gasteiger partial charge on any atom is 0.247 e. The molecule has 0 bridgehead atoms. The van der Waals surface area contributed by atoms with Crippen molar-refractivity contribution in [3.8, 4) is 17.4 Å². The first-order valence-electron chi connectivity index (χ1n) is 9.17. The summed E-state index contributed by atoms with van der Waals surface area (Å²) in [5, 5.41) is 7.18. The molecule has 0 saturated carbocycles. The lowest BCUT2D eigenvalue weighted by atomic mass is 10.1. The van der Waals surface area contributed by atoms with Gasteiger partial charge in [-0.05, 0) is 55.0 Å². The molecule has 0 saturated heterocycles. The molecule has 3 aromatic rings. The van der Waals surface area contributed by atoms with Gasteiger partial charge < -0.3 is 14.8 Å². The van der Waals surface area contributed by atoms with Crippen molar-refractivity contribution in [1.82, 2.24) is 9.97 Å². The molecule has 0 radical (unpaired) electrons. The Labute approximate surface area is 184 Å². The lowest BCUT2D eigenvalue weighted by Gasteiger charge is -2.09. The Morgan fingerprint density at radius 3 is 2.68 bits per heavy atom. The van der Waals surface area contributed by atoms with Gasteiger partial charge in [0.15, 0.2) is 0 Å². The predicted octanol–water partition coefficient (Wildman–Crippen LogP) is 4.89. The molecule has 0 spiro atoms. The molecule has 2 N–H and O–H groups in total. The number of ether oxygens (including phenoxy) is 2. The molecule has 0 atom stereocenters. The van der Waals surface area contributed by atoms with Crippen LogP contribution in [-0.4, -0.2) is 28.7 Å². The van der Waals surface area contributed by atoms with Crippen molar-refractivity contribution in [1.29, 1.82) is 0 Å². The second-order valence-electron chi connectivity index (χ2n) is 6.21. The van der Waals surface area contributed by atoms with E-state index in [0.29, 0.717) is 11.4 Å². The Hall–Kier alpha value is -3.91. The van der Waals surface area contributed by atoms with E-state index in [1.807, 2.05) is 31.2 Å². The van der Waals surface area contributed by atoms with Gasteiger partial charge in [0, 0.05) is 11.8 Å². The van der Waals surface area contributed by atoms with E-state index in [1.165, 1.54) is 12.3 Å². The minimum absolute atomic E-state index is 0.142. The minimum Gasteiger partial charge on any atom is -0.497 e. The molecular weight excluding hydrogens is 418 g/mol. The van der Waals surface area contributed by atoms with E-state index < -0.39 is 0 Å². The van der Waals surface area contributed by atoms with E-state index in [0.717, 1.165) is 17.0 Å². The Bertz CT molecular complexity index is 1120. The number of nitrogens with zero attached hydrogens (tertiary/aromatic N) is 3. The van der Waals surface area contributed by atoms with Crippen molar-refractivity contribution in [3.63, 3.8) is 0 Å². The molecule has 0 aliphatic heterocycles. The van der Waals surface area contributed by atoms with Crippen LogP contribution in [0.2, 0.25) is 5.02 Å². The maximum atomic E-state index is 11.5. The summed E-state index contributed by atoms with van der Waals surface area (Å²) in [6, 6.07) is 14.3.